The number of anilines is 2. The van der Waals surface area contributed by atoms with Gasteiger partial charge in [0.1, 0.15) is 6.54 Å². The normalized spacial score (nSPS) is 11.9. The number of amides is 2. The lowest BCUT2D eigenvalue weighted by atomic mass is 10.2. The minimum absolute atomic E-state index is 0.0362. The summed E-state index contributed by atoms with van der Waals surface area (Å²) in [5, 5.41) is 15.5. The molecule has 0 spiro atoms. The predicted octanol–water partition coefficient (Wildman–Crippen LogP) is 2.17. The van der Waals surface area contributed by atoms with Gasteiger partial charge in [0.25, 0.3) is 5.91 Å². The Balaban J connectivity index is 1.80. The lowest BCUT2D eigenvalue weighted by molar-refractivity contribution is -0.116. The Morgan fingerprint density at radius 3 is 2.66 bits per heavy atom. The molecule has 2 amide bonds. The van der Waals surface area contributed by atoms with E-state index in [1.165, 1.54) is 4.90 Å². The van der Waals surface area contributed by atoms with Gasteiger partial charge in [-0.2, -0.15) is 0 Å². The number of fused-ring (bicyclic) bond motifs is 1. The van der Waals surface area contributed by atoms with Gasteiger partial charge < -0.3 is 25.2 Å². The third kappa shape index (κ3) is 4.91. The predicted molar refractivity (Wildman–Crippen MR) is 113 cm³/mol. The number of hydrogen-bond acceptors (Lipinski definition) is 5. The first kappa shape index (κ1) is 20.3. The molecule has 1 unspecified atom stereocenters. The topological polar surface area (TPSA) is 99.5 Å². The van der Waals surface area contributed by atoms with Gasteiger partial charge in [0, 0.05) is 31.9 Å². The molecule has 0 aliphatic rings. The number of hydrogen-bond donors (Lipinski definition) is 3. The second-order valence-corrected chi connectivity index (χ2v) is 7.07. The van der Waals surface area contributed by atoms with Crippen molar-refractivity contribution in [3.63, 3.8) is 0 Å². The van der Waals surface area contributed by atoms with Crippen LogP contribution in [0, 0.1) is 0 Å². The number of aliphatic hydroxyl groups excluding tert-OH is 1. The second kappa shape index (κ2) is 8.74. The number of aromatic nitrogens is 2. The number of benzene rings is 2. The molecular formula is C21H25N5O3. The highest BCUT2D eigenvalue weighted by Gasteiger charge is 2.15. The molecular weight excluding hydrogens is 370 g/mol. The SMILES string of the molecule is CC(O)CNc1nc2ccccc2n1CC(=O)Nc1cccc(C(=O)N(C)C)c1. The number of rotatable bonds is 7. The summed E-state index contributed by atoms with van der Waals surface area (Å²) in [5.41, 5.74) is 2.62. The van der Waals surface area contributed by atoms with Gasteiger partial charge in [-0.25, -0.2) is 4.98 Å². The summed E-state index contributed by atoms with van der Waals surface area (Å²) in [6, 6.07) is 14.3. The summed E-state index contributed by atoms with van der Waals surface area (Å²) in [6.07, 6.45) is -0.547. The maximum absolute atomic E-state index is 12.7. The zero-order chi connectivity index (χ0) is 21.0. The van der Waals surface area contributed by atoms with Crippen LogP contribution in [0.2, 0.25) is 0 Å². The molecule has 0 saturated heterocycles. The van der Waals surface area contributed by atoms with E-state index in [4.69, 9.17) is 0 Å². The molecule has 2 aromatic carbocycles. The van der Waals surface area contributed by atoms with Crippen LogP contribution in [0.25, 0.3) is 11.0 Å². The molecule has 1 aromatic heterocycles. The van der Waals surface area contributed by atoms with Crippen molar-refractivity contribution in [1.82, 2.24) is 14.5 Å². The first-order valence-corrected chi connectivity index (χ1v) is 9.34. The zero-order valence-corrected chi connectivity index (χ0v) is 16.7. The van der Waals surface area contributed by atoms with E-state index < -0.39 is 6.10 Å². The monoisotopic (exact) mass is 395 g/mol. The van der Waals surface area contributed by atoms with Crippen LogP contribution >= 0.6 is 0 Å². The molecule has 3 N–H and O–H groups in total. The van der Waals surface area contributed by atoms with Crippen molar-refractivity contribution in [2.24, 2.45) is 0 Å². The van der Waals surface area contributed by atoms with Gasteiger partial charge in [0.2, 0.25) is 11.9 Å². The molecule has 0 bridgehead atoms. The van der Waals surface area contributed by atoms with Crippen LogP contribution in [-0.2, 0) is 11.3 Å². The molecule has 3 aromatic rings. The standard InChI is InChI=1S/C21H25N5O3/c1-14(27)12-22-21-24-17-9-4-5-10-18(17)26(21)13-19(28)23-16-8-6-7-15(11-16)20(29)25(2)3/h4-11,14,27H,12-13H2,1-3H3,(H,22,24)(H,23,28). The van der Waals surface area contributed by atoms with E-state index >= 15 is 0 Å². The van der Waals surface area contributed by atoms with Crippen molar-refractivity contribution < 1.29 is 14.7 Å². The van der Waals surface area contributed by atoms with Crippen LogP contribution in [0.5, 0.6) is 0 Å². The van der Waals surface area contributed by atoms with E-state index in [2.05, 4.69) is 15.6 Å². The third-order valence-corrected chi connectivity index (χ3v) is 4.31. The van der Waals surface area contributed by atoms with Gasteiger partial charge in [0.15, 0.2) is 0 Å². The van der Waals surface area contributed by atoms with Crippen molar-refractivity contribution >= 4 is 34.5 Å². The van der Waals surface area contributed by atoms with Crippen LogP contribution in [0.3, 0.4) is 0 Å². The molecule has 8 nitrogen and oxygen atoms in total. The fraction of sp³-hybridized carbons (Fsp3) is 0.286. The molecule has 1 heterocycles. The maximum atomic E-state index is 12.7. The van der Waals surface area contributed by atoms with Gasteiger partial charge in [-0.3, -0.25) is 9.59 Å². The smallest absolute Gasteiger partial charge is 0.253 e. The number of nitrogens with one attached hydrogen (secondary N) is 2. The van der Waals surface area contributed by atoms with Crippen LogP contribution in [0.1, 0.15) is 17.3 Å². The number of nitrogens with zero attached hydrogens (tertiary/aromatic N) is 3. The van der Waals surface area contributed by atoms with Crippen LogP contribution in [0.15, 0.2) is 48.5 Å². The van der Waals surface area contributed by atoms with Crippen LogP contribution < -0.4 is 10.6 Å². The van der Waals surface area contributed by atoms with Gasteiger partial charge in [-0.15, -0.1) is 0 Å². The van der Waals surface area contributed by atoms with Gasteiger partial charge in [-0.05, 0) is 37.3 Å². The molecule has 0 radical (unpaired) electrons. The van der Waals surface area contributed by atoms with Gasteiger partial charge >= 0.3 is 0 Å². The Hall–Kier alpha value is -3.39. The second-order valence-electron chi connectivity index (χ2n) is 7.07. The molecule has 1 atom stereocenters. The highest BCUT2D eigenvalue weighted by molar-refractivity contribution is 5.97. The van der Waals surface area contributed by atoms with E-state index in [0.717, 1.165) is 11.0 Å². The Labute approximate surface area is 169 Å². The van der Waals surface area contributed by atoms with Crippen molar-refractivity contribution in [3.05, 3.63) is 54.1 Å². The number of aliphatic hydroxyl groups is 1. The average molecular weight is 395 g/mol. The van der Waals surface area contributed by atoms with Crippen molar-refractivity contribution in [2.45, 2.75) is 19.6 Å². The first-order valence-electron chi connectivity index (χ1n) is 9.34. The Morgan fingerprint density at radius 2 is 1.93 bits per heavy atom. The van der Waals surface area contributed by atoms with E-state index in [1.807, 2.05) is 24.3 Å². The van der Waals surface area contributed by atoms with Crippen molar-refractivity contribution in [3.8, 4) is 0 Å². The number of imidazole rings is 1. The van der Waals surface area contributed by atoms with Crippen molar-refractivity contribution in [1.29, 1.82) is 0 Å². The number of carbonyl (C=O) groups is 2. The molecule has 3 rings (SSSR count). The highest BCUT2D eigenvalue weighted by atomic mass is 16.3. The minimum Gasteiger partial charge on any atom is -0.392 e. The minimum atomic E-state index is -0.547. The third-order valence-electron chi connectivity index (χ3n) is 4.31. The zero-order valence-electron chi connectivity index (χ0n) is 16.7. The Bertz CT molecular complexity index is 1030. The van der Waals surface area contributed by atoms with Crippen LogP contribution in [-0.4, -0.2) is 58.1 Å². The van der Waals surface area contributed by atoms with Gasteiger partial charge in [-0.1, -0.05) is 18.2 Å². The van der Waals surface area contributed by atoms with E-state index in [9.17, 15) is 14.7 Å². The summed E-state index contributed by atoms with van der Waals surface area (Å²) in [5.74, 6) is 0.132. The lowest BCUT2D eigenvalue weighted by Crippen LogP contribution is -2.23. The highest BCUT2D eigenvalue weighted by Crippen LogP contribution is 2.20. The summed E-state index contributed by atoms with van der Waals surface area (Å²) in [4.78, 5) is 30.8. The lowest BCUT2D eigenvalue weighted by Gasteiger charge is -2.13. The van der Waals surface area contributed by atoms with Gasteiger partial charge in [0.05, 0.1) is 17.1 Å². The summed E-state index contributed by atoms with van der Waals surface area (Å²) >= 11 is 0. The van der Waals surface area contributed by atoms with Crippen molar-refractivity contribution in [2.75, 3.05) is 31.3 Å². The molecule has 0 saturated carbocycles. The fourth-order valence-electron chi connectivity index (χ4n) is 2.94. The molecule has 8 heteroatoms. The molecule has 152 valence electrons. The summed E-state index contributed by atoms with van der Waals surface area (Å²) in [7, 11) is 3.36. The van der Waals surface area contributed by atoms with E-state index in [0.29, 0.717) is 23.7 Å². The number of para-hydroxylation sites is 2. The summed E-state index contributed by atoms with van der Waals surface area (Å²) in [6.45, 7) is 2.03. The Morgan fingerprint density at radius 1 is 1.17 bits per heavy atom. The summed E-state index contributed by atoms with van der Waals surface area (Å²) < 4.78 is 1.77. The molecule has 0 aliphatic carbocycles. The van der Waals surface area contributed by atoms with E-state index in [1.54, 1.807) is 49.9 Å². The maximum Gasteiger partial charge on any atom is 0.253 e. The van der Waals surface area contributed by atoms with Crippen LogP contribution in [0.4, 0.5) is 11.6 Å². The number of carbonyl (C=O) groups excluding carboxylic acids is 2. The largest absolute Gasteiger partial charge is 0.392 e. The fourth-order valence-corrected chi connectivity index (χ4v) is 2.94. The van der Waals surface area contributed by atoms with E-state index in [-0.39, 0.29) is 18.4 Å². The Kier molecular flexibility index (Phi) is 6.13. The molecule has 0 aliphatic heterocycles. The first-order chi connectivity index (χ1) is 13.8. The average Bonchev–Trinajstić information content (AvgIpc) is 3.03. The molecule has 0 fully saturated rings. The molecule has 29 heavy (non-hydrogen) atoms. The quantitative estimate of drug-likeness (QED) is 0.569.